The Labute approximate surface area is 216 Å². The Kier molecular flexibility index (Phi) is 9.46. The lowest BCUT2D eigenvalue weighted by atomic mass is 9.93. The highest BCUT2D eigenvalue weighted by Crippen LogP contribution is 2.26. The number of nitrogens with zero attached hydrogens (tertiary/aromatic N) is 3. The maximum absolute atomic E-state index is 13.8. The van der Waals surface area contributed by atoms with Crippen molar-refractivity contribution >= 4 is 23.4 Å². The van der Waals surface area contributed by atoms with Crippen LogP contribution in [0.15, 0.2) is 42.6 Å². The van der Waals surface area contributed by atoms with Crippen molar-refractivity contribution in [2.24, 2.45) is 11.3 Å². The van der Waals surface area contributed by atoms with Gasteiger partial charge in [0.05, 0.1) is 13.1 Å². The molecule has 3 rings (SSSR count). The number of benzene rings is 1. The van der Waals surface area contributed by atoms with Crippen LogP contribution in [-0.4, -0.2) is 45.3 Å². The monoisotopic (exact) mass is 499 g/mol. The number of halogens is 1. The first-order valence-corrected chi connectivity index (χ1v) is 13.4. The summed E-state index contributed by atoms with van der Waals surface area (Å²) in [6.07, 6.45) is 7.61. The highest BCUT2D eigenvalue weighted by Gasteiger charge is 2.32. The fraction of sp³-hybridized carbons (Fsp3) is 0.586. The lowest BCUT2D eigenvalue weighted by Gasteiger charge is -2.37. The average molecular weight is 500 g/mol. The molecule has 0 atom stereocenters. The molecule has 1 aromatic heterocycles. The minimum atomic E-state index is -0.519. The summed E-state index contributed by atoms with van der Waals surface area (Å²) in [7, 11) is 0. The molecule has 35 heavy (non-hydrogen) atoms. The predicted octanol–water partition coefficient (Wildman–Crippen LogP) is 6.38. The van der Waals surface area contributed by atoms with E-state index in [1.54, 1.807) is 4.90 Å². The van der Waals surface area contributed by atoms with Gasteiger partial charge in [-0.05, 0) is 42.5 Å². The molecule has 0 spiro atoms. The summed E-state index contributed by atoms with van der Waals surface area (Å²) in [6.45, 7) is 11.9. The summed E-state index contributed by atoms with van der Waals surface area (Å²) in [6, 6.07) is 12.2. The van der Waals surface area contributed by atoms with Gasteiger partial charge in [-0.15, -0.1) is 0 Å². The summed E-state index contributed by atoms with van der Waals surface area (Å²) < 4.78 is 2.18. The lowest BCUT2D eigenvalue weighted by molar-refractivity contribution is -0.147. The number of amides is 2. The van der Waals surface area contributed by atoms with Gasteiger partial charge in [0, 0.05) is 41.5 Å². The lowest BCUT2D eigenvalue weighted by Crippen LogP contribution is -2.50. The molecule has 6 heteroatoms. The molecular formula is C29H42ClN3O2. The van der Waals surface area contributed by atoms with Gasteiger partial charge in [-0.2, -0.15) is 0 Å². The first-order valence-electron chi connectivity index (χ1n) is 13.0. The van der Waals surface area contributed by atoms with E-state index in [0.29, 0.717) is 25.6 Å². The number of hydrogen-bond donors (Lipinski definition) is 0. The third-order valence-electron chi connectivity index (χ3n) is 6.73. The fourth-order valence-electron chi connectivity index (χ4n) is 4.93. The topological polar surface area (TPSA) is 45.6 Å². The second-order valence-electron chi connectivity index (χ2n) is 11.4. The van der Waals surface area contributed by atoms with Crippen molar-refractivity contribution < 1.29 is 9.59 Å². The molecule has 0 aliphatic heterocycles. The quantitative estimate of drug-likeness (QED) is 0.401. The molecular weight excluding hydrogens is 458 g/mol. The van der Waals surface area contributed by atoms with E-state index in [9.17, 15) is 9.59 Å². The van der Waals surface area contributed by atoms with Crippen molar-refractivity contribution in [1.29, 1.82) is 0 Å². The van der Waals surface area contributed by atoms with E-state index in [0.717, 1.165) is 42.0 Å². The Balaban J connectivity index is 1.83. The van der Waals surface area contributed by atoms with Crippen molar-refractivity contribution in [3.8, 4) is 0 Å². The van der Waals surface area contributed by atoms with Crippen LogP contribution in [0, 0.1) is 11.3 Å². The Morgan fingerprint density at radius 2 is 1.74 bits per heavy atom. The zero-order valence-electron chi connectivity index (χ0n) is 22.1. The van der Waals surface area contributed by atoms with Crippen LogP contribution in [0.4, 0.5) is 0 Å². The largest absolute Gasteiger partial charge is 0.345 e. The third kappa shape index (κ3) is 7.60. The summed E-state index contributed by atoms with van der Waals surface area (Å²) >= 11 is 6.42. The smallest absolute Gasteiger partial charge is 0.242 e. The van der Waals surface area contributed by atoms with Crippen LogP contribution >= 0.6 is 11.6 Å². The van der Waals surface area contributed by atoms with E-state index in [1.165, 1.54) is 6.42 Å². The average Bonchev–Trinajstić information content (AvgIpc) is 3.24. The number of rotatable bonds is 9. The maximum Gasteiger partial charge on any atom is 0.242 e. The molecule has 192 valence electrons. The SMILES string of the molecule is CC(C)CN(CC(=O)N(Cc1cccn1Cc1ccccc1Cl)C1CCCCC1)C(=O)C(C)(C)C. The molecule has 0 unspecified atom stereocenters. The van der Waals surface area contributed by atoms with E-state index in [2.05, 4.69) is 30.7 Å². The van der Waals surface area contributed by atoms with E-state index in [4.69, 9.17) is 11.6 Å². The van der Waals surface area contributed by atoms with Gasteiger partial charge in [-0.1, -0.05) is 83.7 Å². The van der Waals surface area contributed by atoms with Gasteiger partial charge in [-0.25, -0.2) is 0 Å². The van der Waals surface area contributed by atoms with Crippen molar-refractivity contribution in [2.75, 3.05) is 13.1 Å². The molecule has 1 aromatic carbocycles. The zero-order chi connectivity index (χ0) is 25.6. The van der Waals surface area contributed by atoms with E-state index in [-0.39, 0.29) is 24.4 Å². The Morgan fingerprint density at radius 3 is 2.37 bits per heavy atom. The molecule has 0 radical (unpaired) electrons. The van der Waals surface area contributed by atoms with Gasteiger partial charge in [-0.3, -0.25) is 9.59 Å². The molecule has 2 amide bonds. The molecule has 1 saturated carbocycles. The van der Waals surface area contributed by atoms with Gasteiger partial charge < -0.3 is 14.4 Å². The molecule has 0 N–H and O–H groups in total. The highest BCUT2D eigenvalue weighted by molar-refractivity contribution is 6.31. The summed E-state index contributed by atoms with van der Waals surface area (Å²) in [4.78, 5) is 30.8. The molecule has 2 aromatic rings. The van der Waals surface area contributed by atoms with Crippen LogP contribution in [0.25, 0.3) is 0 Å². The van der Waals surface area contributed by atoms with Gasteiger partial charge in [0.1, 0.15) is 0 Å². The Hall–Kier alpha value is -2.27. The maximum atomic E-state index is 13.8. The molecule has 0 bridgehead atoms. The Morgan fingerprint density at radius 1 is 1.06 bits per heavy atom. The fourth-order valence-corrected chi connectivity index (χ4v) is 5.13. The van der Waals surface area contributed by atoms with Crippen LogP contribution < -0.4 is 0 Å². The summed E-state index contributed by atoms with van der Waals surface area (Å²) in [5.74, 6) is 0.371. The number of hydrogen-bond acceptors (Lipinski definition) is 2. The van der Waals surface area contributed by atoms with Crippen LogP contribution in [0.3, 0.4) is 0 Å². The van der Waals surface area contributed by atoms with Crippen LogP contribution in [0.1, 0.15) is 78.0 Å². The van der Waals surface area contributed by atoms with Crippen LogP contribution in [-0.2, 0) is 22.7 Å². The summed E-state index contributed by atoms with van der Waals surface area (Å²) in [5.41, 5.74) is 1.62. The van der Waals surface area contributed by atoms with E-state index < -0.39 is 5.41 Å². The summed E-state index contributed by atoms with van der Waals surface area (Å²) in [5, 5.41) is 0.748. The van der Waals surface area contributed by atoms with Gasteiger partial charge in [0.25, 0.3) is 0 Å². The second-order valence-corrected chi connectivity index (χ2v) is 11.8. The van der Waals surface area contributed by atoms with Crippen molar-refractivity contribution in [3.05, 3.63) is 58.9 Å². The van der Waals surface area contributed by atoms with Crippen molar-refractivity contribution in [2.45, 2.75) is 85.9 Å². The number of carbonyl (C=O) groups is 2. The van der Waals surface area contributed by atoms with Crippen LogP contribution in [0.2, 0.25) is 5.02 Å². The molecule has 0 saturated heterocycles. The van der Waals surface area contributed by atoms with E-state index >= 15 is 0 Å². The Bertz CT molecular complexity index is 986. The molecule has 1 aliphatic carbocycles. The molecule has 5 nitrogen and oxygen atoms in total. The van der Waals surface area contributed by atoms with Crippen LogP contribution in [0.5, 0.6) is 0 Å². The molecule has 1 fully saturated rings. The van der Waals surface area contributed by atoms with E-state index in [1.807, 2.05) is 56.0 Å². The van der Waals surface area contributed by atoms with Gasteiger partial charge >= 0.3 is 0 Å². The normalized spacial score (nSPS) is 14.8. The first kappa shape index (κ1) is 27.3. The van der Waals surface area contributed by atoms with Crippen molar-refractivity contribution in [1.82, 2.24) is 14.4 Å². The molecule has 1 aliphatic rings. The predicted molar refractivity (Wildman–Crippen MR) is 143 cm³/mol. The minimum Gasteiger partial charge on any atom is -0.345 e. The highest BCUT2D eigenvalue weighted by atomic mass is 35.5. The zero-order valence-corrected chi connectivity index (χ0v) is 22.9. The number of aromatic nitrogens is 1. The standard InChI is InChI=1S/C29H42ClN3O2/c1-22(2)18-32(28(35)29(3,4)5)21-27(34)33(24-13-7-6-8-14-24)20-25-15-11-17-31(25)19-23-12-9-10-16-26(23)30/h9-12,15-17,22,24H,6-8,13-14,18-21H2,1-5H3. The number of carbonyl (C=O) groups excluding carboxylic acids is 2. The minimum absolute atomic E-state index is 0.0326. The van der Waals surface area contributed by atoms with Gasteiger partial charge in [0.2, 0.25) is 11.8 Å². The second kappa shape index (κ2) is 12.1. The first-order chi connectivity index (χ1) is 16.6. The molecule has 1 heterocycles. The van der Waals surface area contributed by atoms with Crippen molar-refractivity contribution in [3.63, 3.8) is 0 Å². The van der Waals surface area contributed by atoms with Gasteiger partial charge in [0.15, 0.2) is 0 Å². The third-order valence-corrected chi connectivity index (χ3v) is 7.10.